The Balaban J connectivity index is 1.99. The highest BCUT2D eigenvalue weighted by molar-refractivity contribution is 6.01. The molecule has 0 saturated carbocycles. The maximum Gasteiger partial charge on any atom is 0.257 e. The van der Waals surface area contributed by atoms with E-state index in [1.807, 2.05) is 60.4 Å². The number of ether oxygens (including phenoxy) is 1. The molecule has 1 aliphatic rings. The van der Waals surface area contributed by atoms with Crippen LogP contribution in [0.15, 0.2) is 48.5 Å². The Hall–Kier alpha value is -2.49. The Morgan fingerprint density at radius 3 is 2.52 bits per heavy atom. The van der Waals surface area contributed by atoms with E-state index in [1.165, 1.54) is 0 Å². The highest BCUT2D eigenvalue weighted by Crippen LogP contribution is 2.33. The molecule has 1 aliphatic heterocycles. The largest absolute Gasteiger partial charge is 0.497 e. The van der Waals surface area contributed by atoms with E-state index in [0.717, 1.165) is 22.6 Å². The molecular weight excluding hydrogens is 264 g/mol. The fraction of sp³-hybridized carbons (Fsp3) is 0.235. The van der Waals surface area contributed by atoms with Crippen LogP contribution in [0.1, 0.15) is 29.0 Å². The second-order valence-corrected chi connectivity index (χ2v) is 4.96. The summed E-state index contributed by atoms with van der Waals surface area (Å²) in [7, 11) is 1.64. The lowest BCUT2D eigenvalue weighted by Crippen LogP contribution is -2.42. The van der Waals surface area contributed by atoms with Gasteiger partial charge in [0.1, 0.15) is 11.9 Å². The second-order valence-electron chi connectivity index (χ2n) is 4.96. The molecule has 3 rings (SSSR count). The first kappa shape index (κ1) is 13.5. The molecule has 0 fully saturated rings. The number of carbonyl (C=O) groups excluding carboxylic acids is 1. The predicted octanol–water partition coefficient (Wildman–Crippen LogP) is 3.28. The lowest BCUT2D eigenvalue weighted by molar-refractivity contribution is 0.0695. The van der Waals surface area contributed by atoms with Gasteiger partial charge in [-0.3, -0.25) is 4.79 Å². The molecule has 2 aromatic carbocycles. The van der Waals surface area contributed by atoms with Crippen molar-refractivity contribution in [1.29, 1.82) is 0 Å². The number of benzene rings is 2. The van der Waals surface area contributed by atoms with Crippen molar-refractivity contribution in [1.82, 2.24) is 4.90 Å². The summed E-state index contributed by atoms with van der Waals surface area (Å²) in [6, 6.07) is 15.4. The minimum absolute atomic E-state index is 0.0627. The molecule has 21 heavy (non-hydrogen) atoms. The molecule has 0 aliphatic carbocycles. The number of hydrogen-bond donors (Lipinski definition) is 1. The lowest BCUT2D eigenvalue weighted by atomic mass is 10.0. The van der Waals surface area contributed by atoms with Crippen molar-refractivity contribution in [2.24, 2.45) is 0 Å². The first-order valence-electron chi connectivity index (χ1n) is 7.05. The van der Waals surface area contributed by atoms with Crippen molar-refractivity contribution in [3.8, 4) is 5.75 Å². The summed E-state index contributed by atoms with van der Waals surface area (Å²) >= 11 is 0. The van der Waals surface area contributed by atoms with Crippen molar-refractivity contribution in [3.05, 3.63) is 59.7 Å². The van der Waals surface area contributed by atoms with Crippen LogP contribution in [-0.4, -0.2) is 24.5 Å². The third kappa shape index (κ3) is 2.33. The molecule has 0 spiro atoms. The maximum absolute atomic E-state index is 12.6. The van der Waals surface area contributed by atoms with Crippen LogP contribution in [0.25, 0.3) is 0 Å². The van der Waals surface area contributed by atoms with Crippen molar-refractivity contribution >= 4 is 11.6 Å². The van der Waals surface area contributed by atoms with Crippen molar-refractivity contribution in [2.75, 3.05) is 19.0 Å². The molecule has 1 N–H and O–H groups in total. The Bertz CT molecular complexity index is 652. The van der Waals surface area contributed by atoms with Gasteiger partial charge in [0.15, 0.2) is 0 Å². The average molecular weight is 282 g/mol. The molecule has 1 heterocycles. The van der Waals surface area contributed by atoms with Gasteiger partial charge in [-0.2, -0.15) is 0 Å². The summed E-state index contributed by atoms with van der Waals surface area (Å²) in [6.07, 6.45) is -0.150. The summed E-state index contributed by atoms with van der Waals surface area (Å²) in [5, 5.41) is 3.45. The zero-order chi connectivity index (χ0) is 14.8. The number of carbonyl (C=O) groups is 1. The van der Waals surface area contributed by atoms with Crippen LogP contribution in [0.3, 0.4) is 0 Å². The number of nitrogens with one attached hydrogen (secondary N) is 1. The monoisotopic (exact) mass is 282 g/mol. The highest BCUT2D eigenvalue weighted by Gasteiger charge is 2.31. The average Bonchev–Trinajstić information content (AvgIpc) is 2.55. The third-order valence-electron chi connectivity index (χ3n) is 3.79. The molecule has 0 radical (unpaired) electrons. The Kier molecular flexibility index (Phi) is 3.52. The van der Waals surface area contributed by atoms with E-state index in [9.17, 15) is 4.79 Å². The van der Waals surface area contributed by atoms with E-state index in [0.29, 0.717) is 6.54 Å². The van der Waals surface area contributed by atoms with Crippen LogP contribution >= 0.6 is 0 Å². The van der Waals surface area contributed by atoms with E-state index >= 15 is 0 Å². The van der Waals surface area contributed by atoms with Crippen LogP contribution in [0, 0.1) is 0 Å². The van der Waals surface area contributed by atoms with Crippen LogP contribution in [-0.2, 0) is 0 Å². The summed E-state index contributed by atoms with van der Waals surface area (Å²) in [5.41, 5.74) is 2.65. The van der Waals surface area contributed by atoms with Gasteiger partial charge in [-0.1, -0.05) is 24.3 Å². The molecule has 0 saturated heterocycles. The SMILES string of the molecule is CCN1C(=O)c2ccccc2N[C@@H]1c1ccc(OC)cc1. The number of anilines is 1. The molecular formula is C17H18N2O2. The summed E-state index contributed by atoms with van der Waals surface area (Å²) in [6.45, 7) is 2.64. The standard InChI is InChI=1S/C17H18N2O2/c1-3-19-16(12-8-10-13(21-2)11-9-12)18-15-7-5-4-6-14(15)17(19)20/h4-11,16,18H,3H2,1-2H3/t16-/m0/s1. The van der Waals surface area contributed by atoms with Crippen molar-refractivity contribution < 1.29 is 9.53 Å². The third-order valence-corrected chi connectivity index (χ3v) is 3.79. The quantitative estimate of drug-likeness (QED) is 0.939. The van der Waals surface area contributed by atoms with Gasteiger partial charge < -0.3 is 15.0 Å². The number of para-hydroxylation sites is 1. The first-order chi connectivity index (χ1) is 10.2. The molecule has 108 valence electrons. The van der Waals surface area contributed by atoms with E-state index in [-0.39, 0.29) is 12.1 Å². The normalized spacial score (nSPS) is 17.1. The zero-order valence-corrected chi connectivity index (χ0v) is 12.2. The van der Waals surface area contributed by atoms with Gasteiger partial charge in [-0.15, -0.1) is 0 Å². The summed E-state index contributed by atoms with van der Waals surface area (Å²) < 4.78 is 5.19. The van der Waals surface area contributed by atoms with Gasteiger partial charge >= 0.3 is 0 Å². The number of amides is 1. The fourth-order valence-corrected chi connectivity index (χ4v) is 2.67. The molecule has 4 heteroatoms. The van der Waals surface area contributed by atoms with E-state index < -0.39 is 0 Å². The number of methoxy groups -OCH3 is 1. The predicted molar refractivity (Wildman–Crippen MR) is 82.5 cm³/mol. The Morgan fingerprint density at radius 2 is 1.86 bits per heavy atom. The van der Waals surface area contributed by atoms with E-state index in [4.69, 9.17) is 4.74 Å². The van der Waals surface area contributed by atoms with E-state index in [1.54, 1.807) is 7.11 Å². The van der Waals surface area contributed by atoms with Gasteiger partial charge in [-0.25, -0.2) is 0 Å². The Labute approximate surface area is 124 Å². The minimum Gasteiger partial charge on any atom is -0.497 e. The first-order valence-corrected chi connectivity index (χ1v) is 7.05. The van der Waals surface area contributed by atoms with Gasteiger partial charge in [0.2, 0.25) is 0 Å². The minimum atomic E-state index is -0.150. The maximum atomic E-state index is 12.6. The molecule has 1 atom stereocenters. The van der Waals surface area contributed by atoms with E-state index in [2.05, 4.69) is 5.32 Å². The van der Waals surface area contributed by atoms with Crippen molar-refractivity contribution in [3.63, 3.8) is 0 Å². The fourth-order valence-electron chi connectivity index (χ4n) is 2.67. The Morgan fingerprint density at radius 1 is 1.14 bits per heavy atom. The molecule has 4 nitrogen and oxygen atoms in total. The molecule has 0 aromatic heterocycles. The molecule has 0 unspecified atom stereocenters. The highest BCUT2D eigenvalue weighted by atomic mass is 16.5. The number of rotatable bonds is 3. The topological polar surface area (TPSA) is 41.6 Å². The summed E-state index contributed by atoms with van der Waals surface area (Å²) in [5.74, 6) is 0.872. The molecule has 1 amide bonds. The number of hydrogen-bond acceptors (Lipinski definition) is 3. The molecule has 0 bridgehead atoms. The van der Waals surface area contributed by atoms with Crippen LogP contribution in [0.5, 0.6) is 5.75 Å². The van der Waals surface area contributed by atoms with Crippen LogP contribution in [0.4, 0.5) is 5.69 Å². The van der Waals surface area contributed by atoms with Gasteiger partial charge in [0, 0.05) is 12.2 Å². The van der Waals surface area contributed by atoms with Crippen molar-refractivity contribution in [2.45, 2.75) is 13.1 Å². The lowest BCUT2D eigenvalue weighted by Gasteiger charge is -2.37. The van der Waals surface area contributed by atoms with Crippen LogP contribution in [0.2, 0.25) is 0 Å². The number of fused-ring (bicyclic) bond motifs is 1. The van der Waals surface area contributed by atoms with Crippen LogP contribution < -0.4 is 10.1 Å². The van der Waals surface area contributed by atoms with Gasteiger partial charge in [0.25, 0.3) is 5.91 Å². The number of nitrogens with zero attached hydrogens (tertiary/aromatic N) is 1. The van der Waals surface area contributed by atoms with Gasteiger partial charge in [-0.05, 0) is 36.8 Å². The smallest absolute Gasteiger partial charge is 0.257 e. The zero-order valence-electron chi connectivity index (χ0n) is 12.2. The second kappa shape index (κ2) is 5.48. The van der Waals surface area contributed by atoms with Gasteiger partial charge in [0.05, 0.1) is 12.7 Å². The summed E-state index contributed by atoms with van der Waals surface area (Å²) in [4.78, 5) is 14.5. The molecule has 2 aromatic rings.